The van der Waals surface area contributed by atoms with Crippen molar-refractivity contribution in [1.29, 1.82) is 0 Å². The van der Waals surface area contributed by atoms with E-state index in [0.29, 0.717) is 25.2 Å². The Morgan fingerprint density at radius 1 is 1.24 bits per heavy atom. The molecule has 5 rings (SSSR count). The topological polar surface area (TPSA) is 119 Å². The van der Waals surface area contributed by atoms with Crippen LogP contribution >= 0.6 is 0 Å². The number of fused-ring (bicyclic) bond motifs is 1. The highest BCUT2D eigenvalue weighted by Crippen LogP contribution is 2.42. The molecule has 0 fully saturated rings. The average molecular weight is 512 g/mol. The molecule has 196 valence electrons. The first-order chi connectivity index (χ1) is 18.4. The lowest BCUT2D eigenvalue weighted by Gasteiger charge is -2.45. The first-order valence-electron chi connectivity index (χ1n) is 13.0. The molecule has 0 saturated carbocycles. The van der Waals surface area contributed by atoms with Crippen molar-refractivity contribution < 1.29 is 4.79 Å². The summed E-state index contributed by atoms with van der Waals surface area (Å²) >= 11 is 0. The second-order valence-electron chi connectivity index (χ2n) is 9.86. The lowest BCUT2D eigenvalue weighted by molar-refractivity contribution is -0.124. The quantitative estimate of drug-likeness (QED) is 0.500. The summed E-state index contributed by atoms with van der Waals surface area (Å²) in [5, 5.41) is 2.99. The molecule has 3 N–H and O–H groups in total. The van der Waals surface area contributed by atoms with E-state index in [1.54, 1.807) is 23.0 Å². The highest BCUT2D eigenvalue weighted by atomic mass is 16.2. The SMILES string of the molecule is CCC1C=CC=CC1(c1ccccn1)N(C)c1ncc2n(c1=O)[C@H](C(=O)NCc1ccc(N)nc1C)CC2. The molecule has 1 amide bonds. The van der Waals surface area contributed by atoms with Crippen LogP contribution in [-0.2, 0) is 23.3 Å². The summed E-state index contributed by atoms with van der Waals surface area (Å²) in [4.78, 5) is 42.8. The second-order valence-corrected chi connectivity index (χ2v) is 9.86. The number of amides is 1. The van der Waals surface area contributed by atoms with Gasteiger partial charge in [0.25, 0.3) is 5.56 Å². The number of aromatic nitrogens is 4. The summed E-state index contributed by atoms with van der Waals surface area (Å²) < 4.78 is 1.61. The molecule has 3 aromatic heterocycles. The molecular formula is C29H33N7O2. The fourth-order valence-corrected chi connectivity index (χ4v) is 5.71. The number of hydrogen-bond acceptors (Lipinski definition) is 7. The van der Waals surface area contributed by atoms with Crippen LogP contribution in [0.15, 0.2) is 71.8 Å². The number of hydrogen-bond donors (Lipinski definition) is 2. The Hall–Kier alpha value is -4.27. The summed E-state index contributed by atoms with van der Waals surface area (Å²) in [5.74, 6) is 0.599. The molecule has 1 aliphatic carbocycles. The van der Waals surface area contributed by atoms with Gasteiger partial charge in [0.2, 0.25) is 5.91 Å². The number of nitrogen functional groups attached to an aromatic ring is 1. The summed E-state index contributed by atoms with van der Waals surface area (Å²) in [6.45, 7) is 4.30. The summed E-state index contributed by atoms with van der Waals surface area (Å²) in [7, 11) is 1.89. The van der Waals surface area contributed by atoms with E-state index in [4.69, 9.17) is 5.73 Å². The molecule has 2 aliphatic rings. The molecule has 0 saturated heterocycles. The van der Waals surface area contributed by atoms with Crippen LogP contribution < -0.4 is 21.5 Å². The minimum absolute atomic E-state index is 0.0720. The predicted molar refractivity (Wildman–Crippen MR) is 147 cm³/mol. The number of anilines is 2. The van der Waals surface area contributed by atoms with Crippen LogP contribution in [0, 0.1) is 12.8 Å². The van der Waals surface area contributed by atoms with Crippen molar-refractivity contribution in [2.75, 3.05) is 17.7 Å². The van der Waals surface area contributed by atoms with Crippen LogP contribution in [0.2, 0.25) is 0 Å². The van der Waals surface area contributed by atoms with E-state index in [-0.39, 0.29) is 23.2 Å². The third kappa shape index (κ3) is 4.27. The van der Waals surface area contributed by atoms with Crippen molar-refractivity contribution in [3.63, 3.8) is 0 Å². The summed E-state index contributed by atoms with van der Waals surface area (Å²) in [6.07, 6.45) is 13.8. The zero-order valence-electron chi connectivity index (χ0n) is 22.0. The molecule has 0 spiro atoms. The van der Waals surface area contributed by atoms with Gasteiger partial charge in [-0.2, -0.15) is 0 Å². The molecule has 0 radical (unpaired) electrons. The normalized spacial score (nSPS) is 21.8. The second kappa shape index (κ2) is 10.2. The molecule has 0 bridgehead atoms. The maximum absolute atomic E-state index is 14.0. The number of likely N-dealkylation sites (N-methyl/N-ethyl adjacent to an activating group) is 1. The largest absolute Gasteiger partial charge is 0.384 e. The maximum Gasteiger partial charge on any atom is 0.294 e. The Labute approximate surface area is 222 Å². The lowest BCUT2D eigenvalue weighted by Crippen LogP contribution is -2.51. The van der Waals surface area contributed by atoms with E-state index >= 15 is 0 Å². The van der Waals surface area contributed by atoms with Crippen LogP contribution in [-0.4, -0.2) is 32.5 Å². The van der Waals surface area contributed by atoms with Gasteiger partial charge in [0, 0.05) is 43.3 Å². The Morgan fingerprint density at radius 3 is 2.82 bits per heavy atom. The molecule has 9 nitrogen and oxygen atoms in total. The molecule has 9 heteroatoms. The van der Waals surface area contributed by atoms with E-state index in [1.165, 1.54) is 0 Å². The maximum atomic E-state index is 14.0. The minimum atomic E-state index is -0.693. The fraction of sp³-hybridized carbons (Fsp3) is 0.345. The molecule has 2 unspecified atom stereocenters. The van der Waals surface area contributed by atoms with Gasteiger partial charge in [-0.1, -0.05) is 43.4 Å². The number of pyridine rings is 2. The number of carbonyl (C=O) groups is 1. The van der Waals surface area contributed by atoms with Crippen molar-refractivity contribution in [2.45, 2.75) is 51.2 Å². The summed E-state index contributed by atoms with van der Waals surface area (Å²) in [5.41, 5.74) is 8.03. The fourth-order valence-electron chi connectivity index (χ4n) is 5.71. The third-order valence-corrected chi connectivity index (χ3v) is 7.77. The number of carbonyl (C=O) groups excluding carboxylic acids is 1. The van der Waals surface area contributed by atoms with Crippen molar-refractivity contribution in [3.8, 4) is 0 Å². The Morgan fingerprint density at radius 2 is 2.08 bits per heavy atom. The Balaban J connectivity index is 1.48. The predicted octanol–water partition coefficient (Wildman–Crippen LogP) is 3.21. The van der Waals surface area contributed by atoms with Gasteiger partial charge in [-0.25, -0.2) is 9.97 Å². The van der Waals surface area contributed by atoms with Crippen LogP contribution in [0.1, 0.15) is 48.5 Å². The number of nitrogens with zero attached hydrogens (tertiary/aromatic N) is 5. The van der Waals surface area contributed by atoms with Crippen LogP contribution in [0.3, 0.4) is 0 Å². The van der Waals surface area contributed by atoms with Gasteiger partial charge >= 0.3 is 0 Å². The number of aryl methyl sites for hydroxylation is 2. The van der Waals surface area contributed by atoms with Crippen molar-refractivity contribution in [3.05, 3.63) is 100 Å². The number of nitrogens with one attached hydrogen (secondary N) is 1. The number of rotatable bonds is 7. The van der Waals surface area contributed by atoms with E-state index in [2.05, 4.69) is 39.3 Å². The lowest BCUT2D eigenvalue weighted by atomic mass is 9.75. The van der Waals surface area contributed by atoms with Crippen molar-refractivity contribution >= 4 is 17.5 Å². The molecular weight excluding hydrogens is 478 g/mol. The average Bonchev–Trinajstić information content (AvgIpc) is 3.38. The smallest absolute Gasteiger partial charge is 0.294 e. The zero-order valence-corrected chi connectivity index (χ0v) is 22.0. The molecule has 38 heavy (non-hydrogen) atoms. The van der Waals surface area contributed by atoms with Gasteiger partial charge in [-0.15, -0.1) is 0 Å². The molecule has 1 aliphatic heterocycles. The van der Waals surface area contributed by atoms with Crippen molar-refractivity contribution in [1.82, 2.24) is 24.8 Å². The van der Waals surface area contributed by atoms with Gasteiger partial charge < -0.3 is 16.0 Å². The minimum Gasteiger partial charge on any atom is -0.384 e. The first kappa shape index (κ1) is 25.4. The van der Waals surface area contributed by atoms with E-state index in [9.17, 15) is 9.59 Å². The monoisotopic (exact) mass is 511 g/mol. The highest BCUT2D eigenvalue weighted by molar-refractivity contribution is 5.81. The van der Waals surface area contributed by atoms with E-state index in [1.807, 2.05) is 55.3 Å². The number of nitrogens with two attached hydrogens (primary N) is 1. The molecule has 3 atom stereocenters. The van der Waals surface area contributed by atoms with Gasteiger partial charge in [-0.05, 0) is 49.9 Å². The molecule has 0 aromatic carbocycles. The Bertz CT molecular complexity index is 1460. The summed E-state index contributed by atoms with van der Waals surface area (Å²) in [6, 6.07) is 8.79. The highest BCUT2D eigenvalue weighted by Gasteiger charge is 2.44. The van der Waals surface area contributed by atoms with Crippen LogP contribution in [0.4, 0.5) is 11.6 Å². The van der Waals surface area contributed by atoms with Crippen LogP contribution in [0.25, 0.3) is 0 Å². The van der Waals surface area contributed by atoms with Gasteiger partial charge in [-0.3, -0.25) is 19.1 Å². The third-order valence-electron chi connectivity index (χ3n) is 7.77. The van der Waals surface area contributed by atoms with Gasteiger partial charge in [0.1, 0.15) is 17.4 Å². The van der Waals surface area contributed by atoms with Gasteiger partial charge in [0.15, 0.2) is 5.82 Å². The first-order valence-corrected chi connectivity index (χ1v) is 13.0. The van der Waals surface area contributed by atoms with E-state index in [0.717, 1.165) is 29.1 Å². The zero-order chi connectivity index (χ0) is 26.9. The Kier molecular flexibility index (Phi) is 6.84. The molecule has 4 heterocycles. The standard InChI is InChI=1S/C29H33N7O2/c1-4-21-9-5-7-15-29(21,24-10-6-8-16-31-24)35(3)26-28(38)36-22(18-32-26)12-13-23(36)27(37)33-17-20-11-14-25(30)34-19(20)2/h5-11,14-16,18,21,23H,4,12-13,17H2,1-3H3,(H2,30,34)(H,33,37)/t21?,23-,29?/m0/s1. The van der Waals surface area contributed by atoms with Crippen molar-refractivity contribution in [2.24, 2.45) is 5.92 Å². The van der Waals surface area contributed by atoms with E-state index < -0.39 is 11.6 Å². The van der Waals surface area contributed by atoms with Crippen LogP contribution in [0.5, 0.6) is 0 Å². The molecule has 3 aromatic rings. The number of allylic oxidation sites excluding steroid dienone is 2. The van der Waals surface area contributed by atoms with Gasteiger partial charge in [0.05, 0.1) is 5.69 Å².